The Balaban J connectivity index is 1.65. The van der Waals surface area contributed by atoms with E-state index in [0.717, 1.165) is 11.1 Å². The summed E-state index contributed by atoms with van der Waals surface area (Å²) in [6.45, 7) is 2.56. The number of nitrogens with zero attached hydrogens (tertiary/aromatic N) is 5. The summed E-state index contributed by atoms with van der Waals surface area (Å²) in [5.74, 6) is 0.202. The molecule has 31 heavy (non-hydrogen) atoms. The second-order valence-corrected chi connectivity index (χ2v) is 9.21. The van der Waals surface area contributed by atoms with Crippen LogP contribution in [0.4, 0.5) is 5.82 Å². The Morgan fingerprint density at radius 1 is 1.26 bits per heavy atom. The molecular weight excluding hydrogens is 440 g/mol. The smallest absolute Gasteiger partial charge is 0.238 e. The minimum Gasteiger partial charge on any atom is -0.389 e. The SMILES string of the molecule is Cc1ccccc1CNc1nc(Cl)nc2c1ncn2[C@@H]1S[C@H](C(=O)N(C)C)[C@@H](O)[C@H]1O. The molecule has 3 N–H and O–H groups in total. The molecule has 0 radical (unpaired) electrons. The number of imidazole rings is 1. The van der Waals surface area contributed by atoms with Gasteiger partial charge in [-0.3, -0.25) is 9.36 Å². The van der Waals surface area contributed by atoms with Gasteiger partial charge in [-0.2, -0.15) is 9.97 Å². The zero-order valence-electron chi connectivity index (χ0n) is 17.2. The Labute approximate surface area is 188 Å². The lowest BCUT2D eigenvalue weighted by Gasteiger charge is -2.18. The molecule has 1 fully saturated rings. The fraction of sp³-hybridized carbons (Fsp3) is 0.400. The summed E-state index contributed by atoms with van der Waals surface area (Å²) in [5.41, 5.74) is 3.16. The number of thioether (sulfide) groups is 1. The lowest BCUT2D eigenvalue weighted by Crippen LogP contribution is -2.40. The van der Waals surface area contributed by atoms with Gasteiger partial charge in [-0.25, -0.2) is 4.98 Å². The molecule has 4 rings (SSSR count). The van der Waals surface area contributed by atoms with Crippen molar-refractivity contribution in [1.82, 2.24) is 24.4 Å². The molecule has 0 spiro atoms. The minimum atomic E-state index is -1.21. The number of carbonyl (C=O) groups excluding carboxylic acids is 1. The zero-order valence-corrected chi connectivity index (χ0v) is 18.8. The number of benzene rings is 1. The molecule has 0 aliphatic carbocycles. The number of anilines is 1. The number of hydrogen-bond donors (Lipinski definition) is 3. The summed E-state index contributed by atoms with van der Waals surface area (Å²) in [4.78, 5) is 26.8. The first-order valence-corrected chi connectivity index (χ1v) is 11.0. The van der Waals surface area contributed by atoms with Crippen molar-refractivity contribution >= 4 is 46.3 Å². The lowest BCUT2D eigenvalue weighted by molar-refractivity contribution is -0.131. The molecule has 11 heteroatoms. The van der Waals surface area contributed by atoms with Crippen molar-refractivity contribution in [3.8, 4) is 0 Å². The van der Waals surface area contributed by atoms with Crippen molar-refractivity contribution in [1.29, 1.82) is 0 Å². The first-order chi connectivity index (χ1) is 14.8. The van der Waals surface area contributed by atoms with Crippen LogP contribution in [-0.4, -0.2) is 72.1 Å². The van der Waals surface area contributed by atoms with Crippen molar-refractivity contribution < 1.29 is 15.0 Å². The number of carbonyl (C=O) groups is 1. The van der Waals surface area contributed by atoms with E-state index in [9.17, 15) is 15.0 Å². The quantitative estimate of drug-likeness (QED) is 0.492. The molecule has 1 aliphatic heterocycles. The van der Waals surface area contributed by atoms with Crippen LogP contribution >= 0.6 is 23.4 Å². The number of halogens is 1. The third-order valence-corrected chi connectivity index (χ3v) is 7.03. The average molecular weight is 463 g/mol. The van der Waals surface area contributed by atoms with E-state index in [-0.39, 0.29) is 11.2 Å². The van der Waals surface area contributed by atoms with E-state index in [0.29, 0.717) is 23.5 Å². The summed E-state index contributed by atoms with van der Waals surface area (Å²) in [5, 5.41) is 22.9. The molecule has 1 aliphatic rings. The minimum absolute atomic E-state index is 0.0282. The second kappa shape index (κ2) is 8.62. The number of aryl methyl sites for hydroxylation is 1. The van der Waals surface area contributed by atoms with Gasteiger partial charge in [0.05, 0.1) is 6.33 Å². The molecule has 164 valence electrons. The maximum Gasteiger partial charge on any atom is 0.238 e. The van der Waals surface area contributed by atoms with E-state index in [1.807, 2.05) is 31.2 Å². The highest BCUT2D eigenvalue weighted by Crippen LogP contribution is 2.44. The number of aliphatic hydroxyl groups excluding tert-OH is 2. The van der Waals surface area contributed by atoms with Gasteiger partial charge in [0.15, 0.2) is 17.0 Å². The van der Waals surface area contributed by atoms with Gasteiger partial charge in [0.1, 0.15) is 22.8 Å². The van der Waals surface area contributed by atoms with Crippen LogP contribution in [0.15, 0.2) is 30.6 Å². The average Bonchev–Trinajstić information content (AvgIpc) is 3.27. The first kappa shape index (κ1) is 21.8. The molecule has 1 saturated heterocycles. The topological polar surface area (TPSA) is 116 Å². The second-order valence-electron chi connectivity index (χ2n) is 7.61. The lowest BCUT2D eigenvalue weighted by atomic mass is 10.1. The van der Waals surface area contributed by atoms with Crippen LogP contribution in [0.3, 0.4) is 0 Å². The largest absolute Gasteiger partial charge is 0.389 e. The van der Waals surface area contributed by atoms with Gasteiger partial charge in [-0.05, 0) is 29.7 Å². The molecule has 1 aromatic carbocycles. The van der Waals surface area contributed by atoms with Gasteiger partial charge in [0.2, 0.25) is 11.2 Å². The van der Waals surface area contributed by atoms with E-state index < -0.39 is 22.8 Å². The van der Waals surface area contributed by atoms with E-state index in [1.165, 1.54) is 23.0 Å². The number of aromatic nitrogens is 4. The summed E-state index contributed by atoms with van der Waals surface area (Å²) < 4.78 is 1.63. The number of hydrogen-bond acceptors (Lipinski definition) is 8. The number of rotatable bonds is 5. The predicted octanol–water partition coefficient (Wildman–Crippen LogP) is 1.82. The summed E-state index contributed by atoms with van der Waals surface area (Å²) in [6, 6.07) is 8.00. The fourth-order valence-corrected chi connectivity index (χ4v) is 5.26. The van der Waals surface area contributed by atoms with Crippen molar-refractivity contribution in [2.45, 2.75) is 36.3 Å². The number of amides is 1. The first-order valence-electron chi connectivity index (χ1n) is 9.69. The van der Waals surface area contributed by atoms with Crippen molar-refractivity contribution in [3.63, 3.8) is 0 Å². The third-order valence-electron chi connectivity index (χ3n) is 5.30. The Kier molecular flexibility index (Phi) is 6.07. The van der Waals surface area contributed by atoms with E-state index in [2.05, 4.69) is 20.3 Å². The van der Waals surface area contributed by atoms with Crippen molar-refractivity contribution in [2.75, 3.05) is 19.4 Å². The van der Waals surface area contributed by atoms with Crippen molar-refractivity contribution in [3.05, 3.63) is 47.0 Å². The maximum atomic E-state index is 12.4. The fourth-order valence-electron chi connectivity index (χ4n) is 3.53. The molecule has 0 unspecified atom stereocenters. The number of aliphatic hydroxyl groups is 2. The van der Waals surface area contributed by atoms with E-state index >= 15 is 0 Å². The monoisotopic (exact) mass is 462 g/mol. The Morgan fingerprint density at radius 2 is 2.00 bits per heavy atom. The standard InChI is InChI=1S/C20H23ClN6O3S/c1-10-6-4-5-7-11(10)8-22-16-12-17(25-20(21)24-16)27(9-23-12)19-14(29)13(28)15(31-19)18(30)26(2)3/h4-7,9,13-15,19,28-29H,8H2,1-3H3,(H,22,24,25)/t13-,14+,15-,19+/m0/s1. The van der Waals surface area contributed by atoms with Gasteiger partial charge in [0.25, 0.3) is 0 Å². The number of fused-ring (bicyclic) bond motifs is 1. The molecule has 3 aromatic rings. The van der Waals surface area contributed by atoms with E-state index in [1.54, 1.807) is 18.7 Å². The highest BCUT2D eigenvalue weighted by Gasteiger charge is 2.47. The van der Waals surface area contributed by atoms with Gasteiger partial charge in [-0.15, -0.1) is 11.8 Å². The summed E-state index contributed by atoms with van der Waals surface area (Å²) in [6.07, 6.45) is -0.864. The molecule has 2 aromatic heterocycles. The van der Waals surface area contributed by atoms with Crippen LogP contribution in [0.2, 0.25) is 5.28 Å². The van der Waals surface area contributed by atoms with Crippen LogP contribution in [0.1, 0.15) is 16.5 Å². The van der Waals surface area contributed by atoms with Crippen molar-refractivity contribution in [2.24, 2.45) is 0 Å². The third kappa shape index (κ3) is 4.08. The Hall–Kier alpha value is -2.40. The maximum absolute atomic E-state index is 12.4. The zero-order chi connectivity index (χ0) is 22.3. The highest BCUT2D eigenvalue weighted by atomic mass is 35.5. The molecule has 1 amide bonds. The molecule has 0 saturated carbocycles. The molecular formula is C20H23ClN6O3S. The van der Waals surface area contributed by atoms with Gasteiger partial charge in [-0.1, -0.05) is 24.3 Å². The van der Waals surface area contributed by atoms with Gasteiger partial charge >= 0.3 is 0 Å². The normalized spacial score (nSPS) is 23.3. The van der Waals surface area contributed by atoms with E-state index in [4.69, 9.17) is 11.6 Å². The molecule has 4 atom stereocenters. The van der Waals surface area contributed by atoms with Crippen LogP contribution in [0.5, 0.6) is 0 Å². The highest BCUT2D eigenvalue weighted by molar-refractivity contribution is 8.01. The van der Waals surface area contributed by atoms with Gasteiger partial charge in [0, 0.05) is 20.6 Å². The summed E-state index contributed by atoms with van der Waals surface area (Å²) >= 11 is 7.34. The van der Waals surface area contributed by atoms with Crippen LogP contribution < -0.4 is 5.32 Å². The van der Waals surface area contributed by atoms with Crippen LogP contribution in [-0.2, 0) is 11.3 Å². The molecule has 3 heterocycles. The predicted molar refractivity (Wildman–Crippen MR) is 120 cm³/mol. The number of nitrogens with one attached hydrogen (secondary N) is 1. The summed E-state index contributed by atoms with van der Waals surface area (Å²) in [7, 11) is 3.22. The van der Waals surface area contributed by atoms with Crippen LogP contribution in [0.25, 0.3) is 11.2 Å². The molecule has 9 nitrogen and oxygen atoms in total. The Bertz CT molecular complexity index is 1120. The Morgan fingerprint density at radius 3 is 2.71 bits per heavy atom. The van der Waals surface area contributed by atoms with Gasteiger partial charge < -0.3 is 20.4 Å². The van der Waals surface area contributed by atoms with Crippen LogP contribution in [0, 0.1) is 6.92 Å². The molecule has 0 bridgehead atoms.